The van der Waals surface area contributed by atoms with E-state index in [1.54, 1.807) is 14.0 Å². The Hall–Kier alpha value is -0.630. The molecule has 0 saturated carbocycles. The Morgan fingerprint density at radius 2 is 2.07 bits per heavy atom. The number of hydrogen-bond acceptors (Lipinski definition) is 4. The van der Waals surface area contributed by atoms with Gasteiger partial charge in [-0.3, -0.25) is 4.90 Å². The lowest BCUT2D eigenvalue weighted by atomic mass is 10.1. The fourth-order valence-corrected chi connectivity index (χ4v) is 1.23. The van der Waals surface area contributed by atoms with Gasteiger partial charge in [-0.1, -0.05) is 0 Å². The van der Waals surface area contributed by atoms with Gasteiger partial charge in [0.05, 0.1) is 18.8 Å². The number of nitriles is 1. The lowest BCUT2D eigenvalue weighted by Crippen LogP contribution is -2.42. The van der Waals surface area contributed by atoms with E-state index >= 15 is 0 Å². The molecule has 0 spiro atoms. The predicted molar refractivity (Wildman–Crippen MR) is 54.8 cm³/mol. The Bertz CT molecular complexity index is 177. The average molecular weight is 200 g/mol. The van der Waals surface area contributed by atoms with E-state index in [9.17, 15) is 5.11 Å². The van der Waals surface area contributed by atoms with Crippen molar-refractivity contribution in [3.8, 4) is 6.07 Å². The third kappa shape index (κ3) is 5.18. The van der Waals surface area contributed by atoms with Gasteiger partial charge >= 0.3 is 0 Å². The molecule has 0 rings (SSSR count). The molecule has 0 aliphatic rings. The quantitative estimate of drug-likeness (QED) is 0.654. The van der Waals surface area contributed by atoms with Gasteiger partial charge in [-0.25, -0.2) is 0 Å². The van der Waals surface area contributed by atoms with Crippen LogP contribution in [-0.4, -0.2) is 49.0 Å². The van der Waals surface area contributed by atoms with Gasteiger partial charge in [-0.05, 0) is 13.8 Å². The topological polar surface area (TPSA) is 56.5 Å². The smallest absolute Gasteiger partial charge is 0.0664 e. The number of ether oxygens (including phenoxy) is 1. The second-order valence-electron chi connectivity index (χ2n) is 3.42. The summed E-state index contributed by atoms with van der Waals surface area (Å²) in [6, 6.07) is 2.17. The van der Waals surface area contributed by atoms with E-state index in [4.69, 9.17) is 10.00 Å². The van der Waals surface area contributed by atoms with Crippen molar-refractivity contribution in [3.05, 3.63) is 0 Å². The van der Waals surface area contributed by atoms with Crippen LogP contribution in [0.25, 0.3) is 0 Å². The number of rotatable bonds is 7. The largest absolute Gasteiger partial charge is 0.392 e. The van der Waals surface area contributed by atoms with Crippen LogP contribution in [0.1, 0.15) is 20.3 Å². The summed E-state index contributed by atoms with van der Waals surface area (Å²) in [5, 5.41) is 17.9. The Morgan fingerprint density at radius 1 is 1.43 bits per heavy atom. The zero-order valence-electron chi connectivity index (χ0n) is 9.23. The van der Waals surface area contributed by atoms with Crippen LogP contribution in [0.3, 0.4) is 0 Å². The van der Waals surface area contributed by atoms with E-state index in [1.807, 2.05) is 6.92 Å². The maximum absolute atomic E-state index is 9.42. The number of nitrogens with zero attached hydrogens (tertiary/aromatic N) is 2. The van der Waals surface area contributed by atoms with Crippen LogP contribution in [0.5, 0.6) is 0 Å². The number of aliphatic hydroxyl groups is 1. The summed E-state index contributed by atoms with van der Waals surface area (Å²) in [6.07, 6.45) is 0.103. The van der Waals surface area contributed by atoms with Crippen LogP contribution in [0.15, 0.2) is 0 Å². The minimum absolute atomic E-state index is 0.0681. The third-order valence-corrected chi connectivity index (χ3v) is 2.37. The highest BCUT2D eigenvalue weighted by atomic mass is 16.5. The molecule has 14 heavy (non-hydrogen) atoms. The Labute approximate surface area is 86.1 Å². The van der Waals surface area contributed by atoms with E-state index in [1.165, 1.54) is 0 Å². The molecule has 0 aromatic rings. The lowest BCUT2D eigenvalue weighted by Gasteiger charge is -2.29. The summed E-state index contributed by atoms with van der Waals surface area (Å²) >= 11 is 0. The highest BCUT2D eigenvalue weighted by molar-refractivity contribution is 4.77. The first-order chi connectivity index (χ1) is 6.63. The summed E-state index contributed by atoms with van der Waals surface area (Å²) in [7, 11) is 1.65. The Kier molecular flexibility index (Phi) is 7.40. The molecular weight excluding hydrogens is 180 g/mol. The Balaban J connectivity index is 4.02. The molecule has 0 radical (unpaired) electrons. The van der Waals surface area contributed by atoms with Crippen LogP contribution < -0.4 is 0 Å². The van der Waals surface area contributed by atoms with Crippen molar-refractivity contribution >= 4 is 0 Å². The highest BCUT2D eigenvalue weighted by Crippen LogP contribution is 2.04. The standard InChI is InChI=1S/C10H20N2O2/c1-9(10(2)13)12(6-4-5-11)7-8-14-3/h9-10,13H,4,6-8H2,1-3H3. The number of methoxy groups -OCH3 is 1. The van der Waals surface area contributed by atoms with Gasteiger partial charge in [0.1, 0.15) is 0 Å². The molecule has 0 aromatic carbocycles. The first kappa shape index (κ1) is 13.4. The molecule has 0 fully saturated rings. The second kappa shape index (κ2) is 7.74. The average Bonchev–Trinajstić information content (AvgIpc) is 2.17. The molecule has 1 N–H and O–H groups in total. The van der Waals surface area contributed by atoms with Gasteiger partial charge in [-0.2, -0.15) is 5.26 Å². The van der Waals surface area contributed by atoms with E-state index in [2.05, 4.69) is 11.0 Å². The molecule has 0 aliphatic carbocycles. The third-order valence-electron chi connectivity index (χ3n) is 2.37. The lowest BCUT2D eigenvalue weighted by molar-refractivity contribution is 0.0533. The van der Waals surface area contributed by atoms with Gasteiger partial charge in [0, 0.05) is 32.7 Å². The highest BCUT2D eigenvalue weighted by Gasteiger charge is 2.17. The van der Waals surface area contributed by atoms with Gasteiger partial charge in [0.2, 0.25) is 0 Å². The van der Waals surface area contributed by atoms with Gasteiger partial charge in [0.25, 0.3) is 0 Å². The first-order valence-corrected chi connectivity index (χ1v) is 4.91. The van der Waals surface area contributed by atoms with Crippen LogP contribution in [0, 0.1) is 11.3 Å². The molecule has 2 atom stereocenters. The van der Waals surface area contributed by atoms with Gasteiger partial charge < -0.3 is 9.84 Å². The predicted octanol–water partition coefficient (Wildman–Crippen LogP) is 0.618. The zero-order chi connectivity index (χ0) is 11.0. The molecule has 0 heterocycles. The van der Waals surface area contributed by atoms with E-state index in [0.29, 0.717) is 19.6 Å². The second-order valence-corrected chi connectivity index (χ2v) is 3.42. The Morgan fingerprint density at radius 3 is 2.50 bits per heavy atom. The van der Waals surface area contributed by atoms with Gasteiger partial charge in [0.15, 0.2) is 0 Å². The fourth-order valence-electron chi connectivity index (χ4n) is 1.23. The van der Waals surface area contributed by atoms with Crippen molar-refractivity contribution in [2.24, 2.45) is 0 Å². The summed E-state index contributed by atoms with van der Waals surface area (Å²) in [5.41, 5.74) is 0. The normalized spacial score (nSPS) is 15.1. The molecule has 2 unspecified atom stereocenters. The molecule has 0 aromatic heterocycles. The summed E-state index contributed by atoms with van der Waals surface area (Å²) in [6.45, 7) is 5.78. The SMILES string of the molecule is COCCN(CCC#N)C(C)C(C)O. The van der Waals surface area contributed by atoms with E-state index < -0.39 is 0 Å². The molecule has 0 saturated heterocycles. The molecule has 0 bridgehead atoms. The van der Waals surface area contributed by atoms with Crippen LogP contribution >= 0.6 is 0 Å². The van der Waals surface area contributed by atoms with Crippen molar-refractivity contribution < 1.29 is 9.84 Å². The van der Waals surface area contributed by atoms with Crippen molar-refractivity contribution in [2.45, 2.75) is 32.4 Å². The van der Waals surface area contributed by atoms with E-state index in [-0.39, 0.29) is 12.1 Å². The van der Waals surface area contributed by atoms with Crippen molar-refractivity contribution in [2.75, 3.05) is 26.8 Å². The summed E-state index contributed by atoms with van der Waals surface area (Å²) in [5.74, 6) is 0. The minimum Gasteiger partial charge on any atom is -0.392 e. The minimum atomic E-state index is -0.384. The van der Waals surface area contributed by atoms with Crippen LogP contribution in [0.2, 0.25) is 0 Å². The maximum atomic E-state index is 9.42. The monoisotopic (exact) mass is 200 g/mol. The fraction of sp³-hybridized carbons (Fsp3) is 0.900. The molecular formula is C10H20N2O2. The molecule has 0 aliphatic heterocycles. The molecule has 4 heteroatoms. The summed E-state index contributed by atoms with van der Waals surface area (Å²) < 4.78 is 4.98. The van der Waals surface area contributed by atoms with Crippen LogP contribution in [0.4, 0.5) is 0 Å². The van der Waals surface area contributed by atoms with Crippen LogP contribution in [-0.2, 0) is 4.74 Å². The maximum Gasteiger partial charge on any atom is 0.0664 e. The molecule has 82 valence electrons. The number of aliphatic hydroxyl groups excluding tert-OH is 1. The first-order valence-electron chi connectivity index (χ1n) is 4.91. The molecule has 4 nitrogen and oxygen atoms in total. The van der Waals surface area contributed by atoms with Crippen molar-refractivity contribution in [3.63, 3.8) is 0 Å². The van der Waals surface area contributed by atoms with Gasteiger partial charge in [-0.15, -0.1) is 0 Å². The summed E-state index contributed by atoms with van der Waals surface area (Å²) in [4.78, 5) is 2.07. The number of hydrogen-bond donors (Lipinski definition) is 1. The van der Waals surface area contributed by atoms with Crippen molar-refractivity contribution in [1.29, 1.82) is 5.26 Å². The zero-order valence-corrected chi connectivity index (χ0v) is 9.23. The van der Waals surface area contributed by atoms with E-state index in [0.717, 1.165) is 6.54 Å². The molecule has 0 amide bonds. The van der Waals surface area contributed by atoms with Crippen molar-refractivity contribution in [1.82, 2.24) is 4.90 Å².